The summed E-state index contributed by atoms with van der Waals surface area (Å²) in [5.74, 6) is 1.42. The molecule has 3 aromatic heterocycles. The first-order valence-electron chi connectivity index (χ1n) is 8.64. The van der Waals surface area contributed by atoms with Gasteiger partial charge >= 0.3 is 0 Å². The van der Waals surface area contributed by atoms with Gasteiger partial charge in [-0.2, -0.15) is 10.2 Å². The molecule has 0 saturated heterocycles. The van der Waals surface area contributed by atoms with Gasteiger partial charge in [0.25, 0.3) is 0 Å². The third kappa shape index (κ3) is 2.78. The summed E-state index contributed by atoms with van der Waals surface area (Å²) in [5.41, 5.74) is 1.41. The summed E-state index contributed by atoms with van der Waals surface area (Å²) in [5, 5.41) is 9.45. The Hall–Kier alpha value is -2.33. The highest BCUT2D eigenvalue weighted by molar-refractivity contribution is 7.89. The van der Waals surface area contributed by atoms with E-state index in [0.717, 1.165) is 36.3 Å². The van der Waals surface area contributed by atoms with E-state index in [9.17, 15) is 8.42 Å². The van der Waals surface area contributed by atoms with Crippen LogP contribution in [0.5, 0.6) is 0 Å². The van der Waals surface area contributed by atoms with E-state index in [2.05, 4.69) is 24.9 Å². The highest BCUT2D eigenvalue weighted by Crippen LogP contribution is 2.26. The SMILES string of the molecule is CCc1nc2n(n1)CCC[C@H]2NS(=O)(=O)c1cnc2c(c1)c(C)nn2C. The van der Waals surface area contributed by atoms with Gasteiger partial charge < -0.3 is 0 Å². The van der Waals surface area contributed by atoms with Crippen LogP contribution in [-0.2, 0) is 30.0 Å². The predicted molar refractivity (Wildman–Crippen MR) is 94.9 cm³/mol. The lowest BCUT2D eigenvalue weighted by Crippen LogP contribution is -2.33. The van der Waals surface area contributed by atoms with Crippen molar-refractivity contribution in [1.29, 1.82) is 0 Å². The lowest BCUT2D eigenvalue weighted by molar-refractivity contribution is 0.399. The van der Waals surface area contributed by atoms with Crippen molar-refractivity contribution in [2.24, 2.45) is 7.05 Å². The van der Waals surface area contributed by atoms with Crippen LogP contribution in [0.3, 0.4) is 0 Å². The molecule has 1 aliphatic heterocycles. The molecule has 0 fully saturated rings. The Morgan fingerprint density at radius 2 is 2.15 bits per heavy atom. The molecule has 26 heavy (non-hydrogen) atoms. The smallest absolute Gasteiger partial charge is 0.242 e. The summed E-state index contributed by atoms with van der Waals surface area (Å²) in [6.07, 6.45) is 3.64. The molecule has 1 atom stereocenters. The molecule has 0 aliphatic carbocycles. The minimum atomic E-state index is -3.73. The van der Waals surface area contributed by atoms with E-state index in [4.69, 9.17) is 0 Å². The number of nitrogens with one attached hydrogen (secondary N) is 1. The van der Waals surface area contributed by atoms with Crippen LogP contribution in [-0.4, -0.2) is 37.9 Å². The lowest BCUT2D eigenvalue weighted by Gasteiger charge is -2.22. The molecule has 3 aromatic rings. The van der Waals surface area contributed by atoms with Gasteiger partial charge in [0.15, 0.2) is 11.5 Å². The van der Waals surface area contributed by atoms with Crippen LogP contribution < -0.4 is 4.72 Å². The molecule has 138 valence electrons. The van der Waals surface area contributed by atoms with E-state index in [1.54, 1.807) is 17.8 Å². The first-order valence-corrected chi connectivity index (χ1v) is 10.1. The average molecular weight is 375 g/mol. The second kappa shape index (κ2) is 6.13. The number of hydrogen-bond acceptors (Lipinski definition) is 6. The Morgan fingerprint density at radius 3 is 2.92 bits per heavy atom. The van der Waals surface area contributed by atoms with Gasteiger partial charge in [-0.25, -0.2) is 27.8 Å². The van der Waals surface area contributed by atoms with Crippen molar-refractivity contribution >= 4 is 21.1 Å². The van der Waals surface area contributed by atoms with E-state index >= 15 is 0 Å². The molecule has 4 rings (SSSR count). The molecule has 9 nitrogen and oxygen atoms in total. The van der Waals surface area contributed by atoms with E-state index < -0.39 is 10.0 Å². The molecular weight excluding hydrogens is 354 g/mol. The fourth-order valence-electron chi connectivity index (χ4n) is 3.35. The number of pyridine rings is 1. The molecular formula is C16H21N7O2S. The molecule has 0 saturated carbocycles. The number of sulfonamides is 1. The highest BCUT2D eigenvalue weighted by atomic mass is 32.2. The van der Waals surface area contributed by atoms with Crippen LogP contribution in [0.25, 0.3) is 11.0 Å². The van der Waals surface area contributed by atoms with E-state index in [-0.39, 0.29) is 10.9 Å². The van der Waals surface area contributed by atoms with E-state index in [1.807, 2.05) is 18.5 Å². The second-order valence-electron chi connectivity index (χ2n) is 6.53. The van der Waals surface area contributed by atoms with Crippen LogP contribution in [0.15, 0.2) is 17.2 Å². The van der Waals surface area contributed by atoms with Crippen molar-refractivity contribution in [1.82, 2.24) is 34.3 Å². The van der Waals surface area contributed by atoms with Gasteiger partial charge in [-0.3, -0.25) is 4.68 Å². The molecule has 10 heteroatoms. The van der Waals surface area contributed by atoms with Crippen LogP contribution >= 0.6 is 0 Å². The number of hydrogen-bond donors (Lipinski definition) is 1. The maximum absolute atomic E-state index is 12.9. The second-order valence-corrected chi connectivity index (χ2v) is 8.24. The van der Waals surface area contributed by atoms with Crippen molar-refractivity contribution in [3.8, 4) is 0 Å². The maximum atomic E-state index is 12.9. The summed E-state index contributed by atoms with van der Waals surface area (Å²) in [6.45, 7) is 4.59. The third-order valence-corrected chi connectivity index (χ3v) is 6.12. The summed E-state index contributed by atoms with van der Waals surface area (Å²) in [4.78, 5) is 8.90. The zero-order valence-electron chi connectivity index (χ0n) is 15.0. The fraction of sp³-hybridized carbons (Fsp3) is 0.500. The van der Waals surface area contributed by atoms with E-state index in [1.165, 1.54) is 6.20 Å². The van der Waals surface area contributed by atoms with Gasteiger partial charge in [0.2, 0.25) is 10.0 Å². The molecule has 0 bridgehead atoms. The lowest BCUT2D eigenvalue weighted by atomic mass is 10.1. The topological polar surface area (TPSA) is 108 Å². The monoisotopic (exact) mass is 375 g/mol. The quantitative estimate of drug-likeness (QED) is 0.735. The number of rotatable bonds is 4. The molecule has 0 unspecified atom stereocenters. The van der Waals surface area contributed by atoms with Crippen molar-refractivity contribution in [3.05, 3.63) is 29.6 Å². The summed E-state index contributed by atoms with van der Waals surface area (Å²) in [6, 6.07) is 1.24. The zero-order chi connectivity index (χ0) is 18.5. The average Bonchev–Trinajstić information content (AvgIpc) is 3.16. The largest absolute Gasteiger partial charge is 0.250 e. The van der Waals surface area contributed by atoms with Gasteiger partial charge in [-0.05, 0) is 25.8 Å². The van der Waals surface area contributed by atoms with Crippen LogP contribution in [0.2, 0.25) is 0 Å². The van der Waals surface area contributed by atoms with Crippen molar-refractivity contribution in [2.75, 3.05) is 0 Å². The number of nitrogens with zero attached hydrogens (tertiary/aromatic N) is 6. The van der Waals surface area contributed by atoms with Gasteiger partial charge in [0.1, 0.15) is 10.7 Å². The van der Waals surface area contributed by atoms with Gasteiger partial charge in [-0.1, -0.05) is 6.92 Å². The summed E-state index contributed by atoms with van der Waals surface area (Å²) >= 11 is 0. The predicted octanol–water partition coefficient (Wildman–Crippen LogP) is 1.24. The Bertz CT molecular complexity index is 1080. The Kier molecular flexibility index (Phi) is 4.03. The van der Waals surface area contributed by atoms with Crippen molar-refractivity contribution in [2.45, 2.75) is 50.6 Å². The van der Waals surface area contributed by atoms with Gasteiger partial charge in [0, 0.05) is 31.6 Å². The first kappa shape index (κ1) is 17.1. The molecule has 0 aromatic carbocycles. The molecule has 0 amide bonds. The van der Waals surface area contributed by atoms with Crippen LogP contribution in [0.4, 0.5) is 0 Å². The van der Waals surface area contributed by atoms with Crippen LogP contribution in [0, 0.1) is 6.92 Å². The zero-order valence-corrected chi connectivity index (χ0v) is 15.8. The maximum Gasteiger partial charge on any atom is 0.242 e. The van der Waals surface area contributed by atoms with Crippen LogP contribution in [0.1, 0.15) is 43.1 Å². The number of fused-ring (bicyclic) bond motifs is 2. The molecule has 0 radical (unpaired) electrons. The van der Waals surface area contributed by atoms with Crippen molar-refractivity contribution < 1.29 is 8.42 Å². The molecule has 0 spiro atoms. The number of aryl methyl sites for hydroxylation is 4. The van der Waals surface area contributed by atoms with Gasteiger partial charge in [0.05, 0.1) is 11.7 Å². The van der Waals surface area contributed by atoms with Gasteiger partial charge in [-0.15, -0.1) is 0 Å². The third-order valence-electron chi connectivity index (χ3n) is 4.68. The normalized spacial score (nSPS) is 17.6. The number of aromatic nitrogens is 6. The van der Waals surface area contributed by atoms with E-state index in [0.29, 0.717) is 17.9 Å². The minimum absolute atomic E-state index is 0.133. The molecule has 1 N–H and O–H groups in total. The first-order chi connectivity index (χ1) is 12.4. The minimum Gasteiger partial charge on any atom is -0.250 e. The molecule has 1 aliphatic rings. The standard InChI is InChI=1S/C16H21N7O2S/c1-4-14-18-16-13(6-5-7-23(16)20-14)21-26(24,25)11-8-12-10(2)19-22(3)15(12)17-9-11/h8-9,13,21H,4-7H2,1-3H3/t13-/m1/s1. The summed E-state index contributed by atoms with van der Waals surface area (Å²) < 4.78 is 32.1. The summed E-state index contributed by atoms with van der Waals surface area (Å²) in [7, 11) is -1.94. The van der Waals surface area contributed by atoms with Crippen molar-refractivity contribution in [3.63, 3.8) is 0 Å². The fourth-order valence-corrected chi connectivity index (χ4v) is 4.55. The molecule has 4 heterocycles. The highest BCUT2D eigenvalue weighted by Gasteiger charge is 2.29. The Labute approximate surface area is 151 Å². The Balaban J connectivity index is 1.68. The Morgan fingerprint density at radius 1 is 1.35 bits per heavy atom.